The van der Waals surface area contributed by atoms with Crippen molar-refractivity contribution in [3.05, 3.63) is 76.9 Å². The van der Waals surface area contributed by atoms with Crippen LogP contribution in [-0.2, 0) is 0 Å². The maximum Gasteiger partial charge on any atom is 0.171 e. The molecule has 6 nitrogen and oxygen atoms in total. The minimum absolute atomic E-state index is 0.0600. The Morgan fingerprint density at radius 2 is 1.19 bits per heavy atom. The third-order valence-corrected chi connectivity index (χ3v) is 4.87. The number of rotatable bonds is 2. The molecule has 1 aliphatic carbocycles. The van der Waals surface area contributed by atoms with Gasteiger partial charge in [0, 0.05) is 29.2 Å². The summed E-state index contributed by atoms with van der Waals surface area (Å²) in [5.74, 6) is -2.56. The number of hydrogen-bond donors (Lipinski definition) is 5. The van der Waals surface area contributed by atoms with Crippen molar-refractivity contribution in [1.29, 1.82) is 0 Å². The van der Waals surface area contributed by atoms with E-state index in [1.165, 1.54) is 36.4 Å². The van der Waals surface area contributed by atoms with Crippen molar-refractivity contribution >= 4 is 5.78 Å². The first kappa shape index (κ1) is 16.8. The molecule has 0 amide bonds. The molecule has 136 valence electrons. The van der Waals surface area contributed by atoms with Crippen molar-refractivity contribution in [3.8, 4) is 28.7 Å². The standard InChI is InChI=1S/C21H16O6/c22-12-3-1-10(2-4-12)18-19(11-5-13(23)7-14(24)6-11)21(27)16-8-15(25)9-17(26)20(16)18/h1-9,18-19,22-26H/t18-,19+/m1/s1. The third kappa shape index (κ3) is 2.71. The molecule has 0 fully saturated rings. The van der Waals surface area contributed by atoms with Gasteiger partial charge < -0.3 is 25.5 Å². The predicted molar refractivity (Wildman–Crippen MR) is 96.6 cm³/mol. The van der Waals surface area contributed by atoms with E-state index in [0.717, 1.165) is 6.07 Å². The third-order valence-electron chi connectivity index (χ3n) is 4.87. The number of phenols is 5. The minimum atomic E-state index is -0.824. The van der Waals surface area contributed by atoms with Crippen LogP contribution in [0.2, 0.25) is 0 Å². The summed E-state index contributed by atoms with van der Waals surface area (Å²) >= 11 is 0. The second-order valence-corrected chi connectivity index (χ2v) is 6.62. The zero-order valence-corrected chi connectivity index (χ0v) is 14.0. The molecule has 0 saturated heterocycles. The molecule has 27 heavy (non-hydrogen) atoms. The van der Waals surface area contributed by atoms with Gasteiger partial charge in [-0.25, -0.2) is 0 Å². The molecule has 2 atom stereocenters. The normalized spacial score (nSPS) is 18.4. The summed E-state index contributed by atoms with van der Waals surface area (Å²) in [4.78, 5) is 13.1. The first-order valence-electron chi connectivity index (χ1n) is 8.27. The summed E-state index contributed by atoms with van der Waals surface area (Å²) in [7, 11) is 0. The Balaban J connectivity index is 1.97. The van der Waals surface area contributed by atoms with E-state index in [9.17, 15) is 30.3 Å². The number of hydrogen-bond acceptors (Lipinski definition) is 6. The molecule has 0 spiro atoms. The fourth-order valence-corrected chi connectivity index (χ4v) is 3.82. The van der Waals surface area contributed by atoms with Crippen LogP contribution >= 0.6 is 0 Å². The van der Waals surface area contributed by atoms with Gasteiger partial charge in [0.2, 0.25) is 0 Å². The number of aromatic hydroxyl groups is 5. The van der Waals surface area contributed by atoms with Crippen molar-refractivity contribution in [3.63, 3.8) is 0 Å². The largest absolute Gasteiger partial charge is 0.508 e. The van der Waals surface area contributed by atoms with Gasteiger partial charge in [-0.1, -0.05) is 12.1 Å². The van der Waals surface area contributed by atoms with Gasteiger partial charge in [0.25, 0.3) is 0 Å². The first-order chi connectivity index (χ1) is 12.8. The molecule has 0 heterocycles. The Hall–Kier alpha value is -3.67. The van der Waals surface area contributed by atoms with Crippen LogP contribution < -0.4 is 0 Å². The molecule has 0 saturated carbocycles. The highest BCUT2D eigenvalue weighted by molar-refractivity contribution is 6.08. The molecule has 0 aliphatic heterocycles. The summed E-state index contributed by atoms with van der Waals surface area (Å²) < 4.78 is 0. The van der Waals surface area contributed by atoms with E-state index in [1.807, 2.05) is 0 Å². The van der Waals surface area contributed by atoms with Crippen LogP contribution in [0.5, 0.6) is 28.7 Å². The van der Waals surface area contributed by atoms with Crippen molar-refractivity contribution in [2.75, 3.05) is 0 Å². The van der Waals surface area contributed by atoms with Crippen molar-refractivity contribution < 1.29 is 30.3 Å². The SMILES string of the molecule is O=C1c2cc(O)cc(O)c2[C@H](c2ccc(O)cc2)[C@@H]1c1cc(O)cc(O)c1. The summed E-state index contributed by atoms with van der Waals surface area (Å²) in [6.07, 6.45) is 0. The minimum Gasteiger partial charge on any atom is -0.508 e. The highest BCUT2D eigenvalue weighted by Crippen LogP contribution is 2.52. The molecule has 0 bridgehead atoms. The van der Waals surface area contributed by atoms with E-state index in [1.54, 1.807) is 12.1 Å². The number of ketones is 1. The van der Waals surface area contributed by atoms with E-state index < -0.39 is 11.8 Å². The molecule has 6 heteroatoms. The molecule has 0 unspecified atom stereocenters. The lowest BCUT2D eigenvalue weighted by Gasteiger charge is -2.21. The molecule has 1 aliphatic rings. The fraction of sp³-hybridized carbons (Fsp3) is 0.0952. The van der Waals surface area contributed by atoms with Crippen molar-refractivity contribution in [2.24, 2.45) is 0 Å². The zero-order valence-electron chi connectivity index (χ0n) is 14.0. The van der Waals surface area contributed by atoms with E-state index >= 15 is 0 Å². The molecule has 4 rings (SSSR count). The molecule has 3 aromatic carbocycles. The van der Waals surface area contributed by atoms with Gasteiger partial charge in [0.15, 0.2) is 5.78 Å². The number of phenolic OH excluding ortho intramolecular Hbond substituents is 5. The molecule has 5 N–H and O–H groups in total. The summed E-state index contributed by atoms with van der Waals surface area (Å²) in [6.45, 7) is 0. The number of carbonyl (C=O) groups excluding carboxylic acids is 1. The lowest BCUT2D eigenvalue weighted by molar-refractivity contribution is 0.0968. The van der Waals surface area contributed by atoms with Gasteiger partial charge in [0.05, 0.1) is 5.92 Å². The molecule has 0 radical (unpaired) electrons. The number of carbonyl (C=O) groups is 1. The summed E-state index contributed by atoms with van der Waals surface area (Å²) in [5.41, 5.74) is 1.58. The Bertz CT molecular complexity index is 1030. The Morgan fingerprint density at radius 3 is 1.81 bits per heavy atom. The summed E-state index contributed by atoms with van der Waals surface area (Å²) in [6, 6.07) is 12.6. The van der Waals surface area contributed by atoms with Gasteiger partial charge in [-0.2, -0.15) is 0 Å². The van der Waals surface area contributed by atoms with E-state index in [0.29, 0.717) is 16.7 Å². The summed E-state index contributed by atoms with van der Waals surface area (Å²) in [5, 5.41) is 49.5. The monoisotopic (exact) mass is 364 g/mol. The Kier molecular flexibility index (Phi) is 3.70. The van der Waals surface area contributed by atoms with Gasteiger partial charge in [0.1, 0.15) is 28.7 Å². The highest BCUT2D eigenvalue weighted by atomic mass is 16.3. The number of fused-ring (bicyclic) bond motifs is 1. The van der Waals surface area contributed by atoms with Crippen LogP contribution in [-0.4, -0.2) is 31.3 Å². The maximum absolute atomic E-state index is 13.1. The van der Waals surface area contributed by atoms with E-state index in [2.05, 4.69) is 0 Å². The fourth-order valence-electron chi connectivity index (χ4n) is 3.82. The van der Waals surface area contributed by atoms with Crippen molar-refractivity contribution in [2.45, 2.75) is 11.8 Å². The van der Waals surface area contributed by atoms with Gasteiger partial charge in [-0.15, -0.1) is 0 Å². The second kappa shape index (κ2) is 5.95. The van der Waals surface area contributed by atoms with Gasteiger partial charge in [-0.3, -0.25) is 4.79 Å². The second-order valence-electron chi connectivity index (χ2n) is 6.62. The van der Waals surface area contributed by atoms with Gasteiger partial charge in [-0.05, 0) is 41.5 Å². The first-order valence-corrected chi connectivity index (χ1v) is 8.27. The predicted octanol–water partition coefficient (Wildman–Crippen LogP) is 3.33. The van der Waals surface area contributed by atoms with Crippen LogP contribution in [0.3, 0.4) is 0 Å². The van der Waals surface area contributed by atoms with Crippen LogP contribution in [0.25, 0.3) is 0 Å². The van der Waals surface area contributed by atoms with Crippen LogP contribution in [0.15, 0.2) is 54.6 Å². The van der Waals surface area contributed by atoms with Crippen LogP contribution in [0.4, 0.5) is 0 Å². The van der Waals surface area contributed by atoms with Crippen LogP contribution in [0, 0.1) is 0 Å². The molecule has 3 aromatic rings. The lowest BCUT2D eigenvalue weighted by atomic mass is 9.81. The average molecular weight is 364 g/mol. The average Bonchev–Trinajstić information content (AvgIpc) is 2.88. The zero-order chi connectivity index (χ0) is 19.3. The molecule has 0 aromatic heterocycles. The Morgan fingerprint density at radius 1 is 0.593 bits per heavy atom. The maximum atomic E-state index is 13.1. The Labute approximate surface area is 154 Å². The quantitative estimate of drug-likeness (QED) is 0.476. The topological polar surface area (TPSA) is 118 Å². The number of benzene rings is 3. The smallest absolute Gasteiger partial charge is 0.171 e. The van der Waals surface area contributed by atoms with E-state index in [4.69, 9.17) is 0 Å². The number of Topliss-reactive ketones (excluding diaryl/α,β-unsaturated/α-hetero) is 1. The van der Waals surface area contributed by atoms with Crippen LogP contribution in [0.1, 0.15) is 38.9 Å². The van der Waals surface area contributed by atoms with Crippen molar-refractivity contribution in [1.82, 2.24) is 0 Å². The lowest BCUT2D eigenvalue weighted by Crippen LogP contribution is -2.13. The molecular formula is C21H16O6. The molecular weight excluding hydrogens is 348 g/mol. The highest BCUT2D eigenvalue weighted by Gasteiger charge is 2.44. The van der Waals surface area contributed by atoms with Gasteiger partial charge >= 0.3 is 0 Å². The van der Waals surface area contributed by atoms with E-state index in [-0.39, 0.29) is 40.1 Å².